The molecular formula is C26H25NO3. The number of rotatable bonds is 1. The zero-order valence-electron chi connectivity index (χ0n) is 17.7. The lowest BCUT2D eigenvalue weighted by Crippen LogP contribution is -2.43. The second-order valence-electron chi connectivity index (χ2n) is 9.68. The molecule has 1 fully saturated rings. The third-order valence-electron chi connectivity index (χ3n) is 6.72. The molecule has 5 rings (SSSR count). The van der Waals surface area contributed by atoms with Gasteiger partial charge in [0, 0.05) is 34.8 Å². The minimum absolute atomic E-state index is 0.0329. The molecule has 2 aromatic rings. The lowest BCUT2D eigenvalue weighted by atomic mass is 9.63. The molecule has 30 heavy (non-hydrogen) atoms. The Balaban J connectivity index is 1.78. The Bertz CT molecular complexity index is 1180. The first-order valence-corrected chi connectivity index (χ1v) is 10.5. The Morgan fingerprint density at radius 3 is 2.27 bits per heavy atom. The van der Waals surface area contributed by atoms with E-state index in [0.717, 1.165) is 40.1 Å². The van der Waals surface area contributed by atoms with E-state index in [1.54, 1.807) is 0 Å². The number of fused-ring (bicyclic) bond motifs is 3. The van der Waals surface area contributed by atoms with E-state index in [9.17, 15) is 14.7 Å². The summed E-state index contributed by atoms with van der Waals surface area (Å²) in [5, 5.41) is 10.3. The number of benzene rings is 2. The van der Waals surface area contributed by atoms with Gasteiger partial charge in [0.2, 0.25) is 0 Å². The number of hydrogen-bond donors (Lipinski definition) is 1. The minimum Gasteiger partial charge on any atom is -0.507 e. The smallest absolute Gasteiger partial charge is 0.192 e. The van der Waals surface area contributed by atoms with Crippen LogP contribution in [-0.4, -0.2) is 22.4 Å². The number of nitrogens with zero attached hydrogens (tertiary/aromatic N) is 1. The number of carbonyl (C=O) groups is 2. The fourth-order valence-electron chi connectivity index (χ4n) is 5.45. The monoisotopic (exact) mass is 399 g/mol. The molecule has 152 valence electrons. The highest BCUT2D eigenvalue weighted by molar-refractivity contribution is 6.25. The summed E-state index contributed by atoms with van der Waals surface area (Å²) in [4.78, 5) is 31.8. The van der Waals surface area contributed by atoms with E-state index in [2.05, 4.69) is 13.8 Å². The van der Waals surface area contributed by atoms with Gasteiger partial charge in [-0.25, -0.2) is 0 Å². The zero-order chi connectivity index (χ0) is 21.4. The van der Waals surface area contributed by atoms with Crippen LogP contribution in [-0.2, 0) is 4.79 Å². The van der Waals surface area contributed by atoms with Crippen molar-refractivity contribution in [1.29, 1.82) is 0 Å². The molecule has 2 aliphatic carbocycles. The van der Waals surface area contributed by atoms with Crippen molar-refractivity contribution in [2.24, 2.45) is 16.3 Å². The molecule has 3 aliphatic rings. The maximum absolute atomic E-state index is 13.5. The standard InChI is InChI=1S/C26H25NO3/c1-13-9-15(10-14(2)24(13)29)20-21-18(11-26(3,4)12-19(21)28)27-23-16-7-5-6-8-17(16)25(30)22(20)23/h5-10,20-21,29H,11-12H2,1-4H3/t20-,21?/m0/s1. The lowest BCUT2D eigenvalue weighted by molar-refractivity contribution is -0.124. The van der Waals surface area contributed by atoms with Crippen LogP contribution in [0.3, 0.4) is 0 Å². The summed E-state index contributed by atoms with van der Waals surface area (Å²) in [6, 6.07) is 11.4. The first-order valence-electron chi connectivity index (χ1n) is 10.5. The average molecular weight is 399 g/mol. The molecule has 1 aliphatic heterocycles. The number of phenolic OH excluding ortho intramolecular Hbond substituents is 1. The summed E-state index contributed by atoms with van der Waals surface area (Å²) in [5.74, 6) is -0.412. The lowest BCUT2D eigenvalue weighted by Gasteiger charge is -2.40. The Morgan fingerprint density at radius 1 is 0.967 bits per heavy atom. The summed E-state index contributed by atoms with van der Waals surface area (Å²) >= 11 is 0. The molecule has 0 bridgehead atoms. The number of phenols is 1. The van der Waals surface area contributed by atoms with Gasteiger partial charge in [-0.05, 0) is 42.4 Å². The number of aliphatic imine (C=N–C) groups is 1. The van der Waals surface area contributed by atoms with Crippen LogP contribution in [0.5, 0.6) is 5.75 Å². The van der Waals surface area contributed by atoms with Crippen molar-refractivity contribution in [1.82, 2.24) is 0 Å². The van der Waals surface area contributed by atoms with Gasteiger partial charge >= 0.3 is 0 Å². The molecular weight excluding hydrogens is 374 g/mol. The van der Waals surface area contributed by atoms with Crippen molar-refractivity contribution in [3.05, 3.63) is 69.8 Å². The van der Waals surface area contributed by atoms with Crippen LogP contribution < -0.4 is 0 Å². The maximum atomic E-state index is 13.5. The number of aromatic hydroxyl groups is 1. The summed E-state index contributed by atoms with van der Waals surface area (Å²) in [5.41, 5.74) is 6.02. The first kappa shape index (κ1) is 19.0. The maximum Gasteiger partial charge on any atom is 0.192 e. The molecule has 1 unspecified atom stereocenters. The molecule has 1 N–H and O–H groups in total. The van der Waals surface area contributed by atoms with Gasteiger partial charge in [-0.15, -0.1) is 0 Å². The van der Waals surface area contributed by atoms with Crippen LogP contribution >= 0.6 is 0 Å². The quantitative estimate of drug-likeness (QED) is 0.720. The molecule has 2 aromatic carbocycles. The molecule has 0 aromatic heterocycles. The fraction of sp³-hybridized carbons (Fsp3) is 0.346. The van der Waals surface area contributed by atoms with Crippen LogP contribution in [0.15, 0.2) is 47.0 Å². The molecule has 1 heterocycles. The van der Waals surface area contributed by atoms with Gasteiger partial charge in [-0.3, -0.25) is 14.6 Å². The van der Waals surface area contributed by atoms with Gasteiger partial charge in [0.05, 0.1) is 11.6 Å². The predicted molar refractivity (Wildman–Crippen MR) is 117 cm³/mol. The van der Waals surface area contributed by atoms with Gasteiger partial charge in [0.25, 0.3) is 0 Å². The SMILES string of the molecule is Cc1cc([C@@H]2C3=C(N=C4CC(C)(C)CC(=O)C42)c2ccccc2C3=O)cc(C)c1O. The van der Waals surface area contributed by atoms with Gasteiger partial charge < -0.3 is 5.11 Å². The van der Waals surface area contributed by atoms with Gasteiger partial charge in [0.15, 0.2) is 5.78 Å². The summed E-state index contributed by atoms with van der Waals surface area (Å²) in [6.07, 6.45) is 1.22. The highest BCUT2D eigenvalue weighted by atomic mass is 16.3. The van der Waals surface area contributed by atoms with E-state index >= 15 is 0 Å². The van der Waals surface area contributed by atoms with Crippen LogP contribution in [0.1, 0.15) is 65.2 Å². The number of Topliss-reactive ketones (excluding diaryl/α,β-unsaturated/α-hetero) is 2. The van der Waals surface area contributed by atoms with Crippen LogP contribution in [0.25, 0.3) is 5.70 Å². The van der Waals surface area contributed by atoms with Gasteiger partial charge in [0.1, 0.15) is 11.5 Å². The molecule has 0 amide bonds. The summed E-state index contributed by atoms with van der Waals surface area (Å²) in [6.45, 7) is 7.92. The van der Waals surface area contributed by atoms with E-state index in [-0.39, 0.29) is 28.6 Å². The Hall–Kier alpha value is -3.01. The zero-order valence-corrected chi connectivity index (χ0v) is 17.7. The Kier molecular flexibility index (Phi) is 3.95. The van der Waals surface area contributed by atoms with Crippen LogP contribution in [0, 0.1) is 25.2 Å². The third-order valence-corrected chi connectivity index (χ3v) is 6.72. The van der Waals surface area contributed by atoms with E-state index < -0.39 is 5.92 Å². The molecule has 0 radical (unpaired) electrons. The Labute approximate surface area is 176 Å². The van der Waals surface area contributed by atoms with Crippen molar-refractivity contribution in [3.63, 3.8) is 0 Å². The average Bonchev–Trinajstić information content (AvgIpc) is 2.96. The first-order chi connectivity index (χ1) is 14.2. The largest absolute Gasteiger partial charge is 0.507 e. The van der Waals surface area contributed by atoms with E-state index in [1.165, 1.54) is 0 Å². The molecule has 0 saturated heterocycles. The number of hydrogen-bond acceptors (Lipinski definition) is 4. The second-order valence-corrected chi connectivity index (χ2v) is 9.68. The van der Waals surface area contributed by atoms with E-state index in [0.29, 0.717) is 17.6 Å². The normalized spacial score (nSPS) is 24.3. The molecule has 4 nitrogen and oxygen atoms in total. The van der Waals surface area contributed by atoms with Crippen molar-refractivity contribution < 1.29 is 14.7 Å². The number of aryl methyl sites for hydroxylation is 2. The molecule has 1 saturated carbocycles. The molecule has 0 spiro atoms. The van der Waals surface area contributed by atoms with Crippen molar-refractivity contribution in [2.75, 3.05) is 0 Å². The van der Waals surface area contributed by atoms with Gasteiger partial charge in [-0.1, -0.05) is 50.2 Å². The highest BCUT2D eigenvalue weighted by Gasteiger charge is 2.50. The van der Waals surface area contributed by atoms with Crippen LogP contribution in [0.4, 0.5) is 0 Å². The fourth-order valence-corrected chi connectivity index (χ4v) is 5.45. The van der Waals surface area contributed by atoms with Gasteiger partial charge in [-0.2, -0.15) is 0 Å². The van der Waals surface area contributed by atoms with Crippen molar-refractivity contribution >= 4 is 23.0 Å². The number of carbonyl (C=O) groups excluding carboxylic acids is 2. The van der Waals surface area contributed by atoms with E-state index in [4.69, 9.17) is 4.99 Å². The highest BCUT2D eigenvalue weighted by Crippen LogP contribution is 2.52. The minimum atomic E-state index is -0.418. The summed E-state index contributed by atoms with van der Waals surface area (Å²) < 4.78 is 0. The van der Waals surface area contributed by atoms with Crippen molar-refractivity contribution in [3.8, 4) is 5.75 Å². The Morgan fingerprint density at radius 2 is 1.60 bits per heavy atom. The van der Waals surface area contributed by atoms with E-state index in [1.807, 2.05) is 50.2 Å². The number of ketones is 2. The topological polar surface area (TPSA) is 66.7 Å². The molecule has 2 atom stereocenters. The third kappa shape index (κ3) is 2.63. The summed E-state index contributed by atoms with van der Waals surface area (Å²) in [7, 11) is 0. The predicted octanol–water partition coefficient (Wildman–Crippen LogP) is 5.16. The number of allylic oxidation sites excluding steroid dienone is 1. The van der Waals surface area contributed by atoms with Crippen molar-refractivity contribution in [2.45, 2.75) is 46.5 Å². The van der Waals surface area contributed by atoms with Crippen LogP contribution in [0.2, 0.25) is 0 Å². The second kappa shape index (κ2) is 6.24. The molecule has 4 heteroatoms.